The smallest absolute Gasteiger partial charge is 0.230 e. The molecule has 0 aliphatic heterocycles. The summed E-state index contributed by atoms with van der Waals surface area (Å²) >= 11 is 3.22. The average Bonchev–Trinajstić information content (AvgIpc) is 3.26. The molecular formula is C26H24N2O2S2. The first-order valence-corrected chi connectivity index (χ1v) is 12.2. The van der Waals surface area contributed by atoms with Crippen LogP contribution in [-0.4, -0.2) is 10.9 Å². The van der Waals surface area contributed by atoms with Crippen LogP contribution in [-0.2, 0) is 23.6 Å². The number of amides is 1. The van der Waals surface area contributed by atoms with Gasteiger partial charge in [-0.05, 0) is 36.8 Å². The van der Waals surface area contributed by atoms with Crippen LogP contribution in [0.4, 0.5) is 5.69 Å². The van der Waals surface area contributed by atoms with Crippen LogP contribution in [0.1, 0.15) is 21.8 Å². The quantitative estimate of drug-likeness (QED) is 0.290. The third-order valence-electron chi connectivity index (χ3n) is 4.72. The van der Waals surface area contributed by atoms with E-state index in [2.05, 4.69) is 22.4 Å². The van der Waals surface area contributed by atoms with E-state index in [0.717, 1.165) is 32.8 Å². The number of para-hydroxylation sites is 1. The van der Waals surface area contributed by atoms with Crippen molar-refractivity contribution in [2.45, 2.75) is 30.6 Å². The van der Waals surface area contributed by atoms with Crippen molar-refractivity contribution in [3.63, 3.8) is 0 Å². The van der Waals surface area contributed by atoms with E-state index in [1.165, 1.54) is 22.5 Å². The van der Waals surface area contributed by atoms with E-state index in [9.17, 15) is 4.79 Å². The van der Waals surface area contributed by atoms with Crippen LogP contribution in [0.5, 0.6) is 5.75 Å². The van der Waals surface area contributed by atoms with Gasteiger partial charge in [-0.15, -0.1) is 23.1 Å². The van der Waals surface area contributed by atoms with Gasteiger partial charge in [-0.25, -0.2) is 4.98 Å². The lowest BCUT2D eigenvalue weighted by molar-refractivity contribution is -0.115. The topological polar surface area (TPSA) is 51.2 Å². The molecule has 0 saturated heterocycles. The van der Waals surface area contributed by atoms with Crippen molar-refractivity contribution in [2.75, 3.05) is 5.32 Å². The summed E-state index contributed by atoms with van der Waals surface area (Å²) in [4.78, 5) is 18.2. The average molecular weight is 461 g/mol. The number of hydrogen-bond donors (Lipinski definition) is 1. The van der Waals surface area contributed by atoms with Crippen molar-refractivity contribution in [2.24, 2.45) is 0 Å². The lowest BCUT2D eigenvalue weighted by Gasteiger charge is -2.10. The molecule has 3 aromatic carbocycles. The van der Waals surface area contributed by atoms with Gasteiger partial charge in [0.25, 0.3) is 0 Å². The van der Waals surface area contributed by atoms with Crippen molar-refractivity contribution in [1.82, 2.24) is 4.98 Å². The Hall–Kier alpha value is -3.09. The number of benzene rings is 3. The molecule has 4 aromatic rings. The number of nitrogens with zero attached hydrogens (tertiary/aromatic N) is 1. The fourth-order valence-electron chi connectivity index (χ4n) is 3.07. The number of ether oxygens (including phenoxy) is 1. The van der Waals surface area contributed by atoms with Crippen LogP contribution in [0, 0.1) is 6.92 Å². The lowest BCUT2D eigenvalue weighted by atomic mass is 10.2. The van der Waals surface area contributed by atoms with Crippen LogP contribution in [0.15, 0.2) is 89.1 Å². The summed E-state index contributed by atoms with van der Waals surface area (Å²) in [5.41, 5.74) is 4.03. The summed E-state index contributed by atoms with van der Waals surface area (Å²) in [7, 11) is 0. The standard InChI is InChI=1S/C26H24N2O2S2/c1-19-11-13-22(14-12-19)30-16-26-27-21(18-32-26)15-25(29)28-23-9-5-6-10-24(23)31-17-20-7-3-2-4-8-20/h2-14,18H,15-17H2,1H3,(H,28,29). The molecule has 1 N–H and O–H groups in total. The van der Waals surface area contributed by atoms with Gasteiger partial charge in [0.15, 0.2) is 0 Å². The van der Waals surface area contributed by atoms with E-state index in [0.29, 0.717) is 6.61 Å². The van der Waals surface area contributed by atoms with E-state index in [-0.39, 0.29) is 12.3 Å². The molecule has 1 heterocycles. The summed E-state index contributed by atoms with van der Waals surface area (Å²) in [5.74, 6) is 1.59. The largest absolute Gasteiger partial charge is 0.486 e. The van der Waals surface area contributed by atoms with Crippen molar-refractivity contribution in [3.05, 3.63) is 106 Å². The Morgan fingerprint density at radius 3 is 2.56 bits per heavy atom. The second-order valence-corrected chi connectivity index (χ2v) is 9.29. The number of thiazole rings is 1. The molecule has 0 radical (unpaired) electrons. The number of anilines is 1. The van der Waals surface area contributed by atoms with Crippen LogP contribution >= 0.6 is 23.1 Å². The van der Waals surface area contributed by atoms with Crippen molar-refractivity contribution < 1.29 is 9.53 Å². The van der Waals surface area contributed by atoms with Gasteiger partial charge in [-0.2, -0.15) is 0 Å². The Bertz CT molecular complexity index is 1160. The monoisotopic (exact) mass is 460 g/mol. The van der Waals surface area contributed by atoms with Crippen LogP contribution < -0.4 is 10.1 Å². The van der Waals surface area contributed by atoms with Gasteiger partial charge in [0.1, 0.15) is 17.4 Å². The normalized spacial score (nSPS) is 10.7. The molecule has 0 atom stereocenters. The maximum absolute atomic E-state index is 12.6. The molecule has 0 fully saturated rings. The Labute approximate surface area is 196 Å². The highest BCUT2D eigenvalue weighted by molar-refractivity contribution is 7.98. The molecule has 1 aromatic heterocycles. The lowest BCUT2D eigenvalue weighted by Crippen LogP contribution is -2.15. The highest BCUT2D eigenvalue weighted by Crippen LogP contribution is 2.30. The second-order valence-electron chi connectivity index (χ2n) is 7.33. The zero-order chi connectivity index (χ0) is 22.2. The van der Waals surface area contributed by atoms with Gasteiger partial charge >= 0.3 is 0 Å². The molecule has 0 aliphatic carbocycles. The maximum Gasteiger partial charge on any atom is 0.230 e. The van der Waals surface area contributed by atoms with Gasteiger partial charge in [0.2, 0.25) is 5.91 Å². The molecule has 0 saturated carbocycles. The van der Waals surface area contributed by atoms with Gasteiger partial charge in [0.05, 0.1) is 17.8 Å². The fraction of sp³-hybridized carbons (Fsp3) is 0.154. The molecule has 162 valence electrons. The zero-order valence-electron chi connectivity index (χ0n) is 17.8. The molecule has 1 amide bonds. The van der Waals surface area contributed by atoms with E-state index in [1.807, 2.05) is 79.0 Å². The molecule has 32 heavy (non-hydrogen) atoms. The minimum Gasteiger partial charge on any atom is -0.486 e. The number of rotatable bonds is 9. The number of hydrogen-bond acceptors (Lipinski definition) is 5. The Morgan fingerprint density at radius 1 is 1.00 bits per heavy atom. The maximum atomic E-state index is 12.6. The summed E-state index contributed by atoms with van der Waals surface area (Å²) in [5, 5.41) is 5.82. The first kappa shape index (κ1) is 22.1. The van der Waals surface area contributed by atoms with Gasteiger partial charge in [-0.1, -0.05) is 60.2 Å². The Balaban J connectivity index is 1.31. The van der Waals surface area contributed by atoms with Gasteiger partial charge < -0.3 is 10.1 Å². The Morgan fingerprint density at radius 2 is 1.75 bits per heavy atom. The van der Waals surface area contributed by atoms with Gasteiger partial charge in [0, 0.05) is 16.0 Å². The van der Waals surface area contributed by atoms with E-state index in [1.54, 1.807) is 11.8 Å². The van der Waals surface area contributed by atoms with E-state index < -0.39 is 0 Å². The summed E-state index contributed by atoms with van der Waals surface area (Å²) in [6, 6.07) is 26.1. The van der Waals surface area contributed by atoms with Crippen LogP contribution in [0.25, 0.3) is 0 Å². The number of aromatic nitrogens is 1. The molecule has 4 nitrogen and oxygen atoms in total. The van der Waals surface area contributed by atoms with E-state index in [4.69, 9.17) is 4.74 Å². The number of carbonyl (C=O) groups excluding carboxylic acids is 1. The molecular weight excluding hydrogens is 436 g/mol. The third kappa shape index (κ3) is 6.45. The zero-order valence-corrected chi connectivity index (χ0v) is 19.4. The minimum atomic E-state index is -0.0749. The van der Waals surface area contributed by atoms with Crippen LogP contribution in [0.3, 0.4) is 0 Å². The molecule has 0 unspecified atom stereocenters. The summed E-state index contributed by atoms with van der Waals surface area (Å²) < 4.78 is 5.78. The predicted molar refractivity (Wildman–Crippen MR) is 132 cm³/mol. The van der Waals surface area contributed by atoms with E-state index >= 15 is 0 Å². The molecule has 0 spiro atoms. The predicted octanol–water partition coefficient (Wildman–Crippen LogP) is 6.50. The third-order valence-corrected chi connectivity index (χ3v) is 6.74. The van der Waals surface area contributed by atoms with Crippen molar-refractivity contribution in [1.29, 1.82) is 0 Å². The summed E-state index contributed by atoms with van der Waals surface area (Å²) in [6.45, 7) is 2.44. The van der Waals surface area contributed by atoms with Gasteiger partial charge in [-0.3, -0.25) is 4.79 Å². The number of aryl methyl sites for hydroxylation is 1. The number of carbonyl (C=O) groups is 1. The first-order valence-electron chi connectivity index (χ1n) is 10.3. The second kappa shape index (κ2) is 11.0. The molecule has 0 bridgehead atoms. The number of nitrogens with one attached hydrogen (secondary N) is 1. The highest BCUT2D eigenvalue weighted by atomic mass is 32.2. The number of thioether (sulfide) groups is 1. The van der Waals surface area contributed by atoms with Crippen molar-refractivity contribution >= 4 is 34.7 Å². The fourth-order valence-corrected chi connectivity index (χ4v) is 4.73. The summed E-state index contributed by atoms with van der Waals surface area (Å²) in [6.07, 6.45) is 0.235. The SMILES string of the molecule is Cc1ccc(OCc2nc(CC(=O)Nc3ccccc3SCc3ccccc3)cs2)cc1. The molecule has 6 heteroatoms. The highest BCUT2D eigenvalue weighted by Gasteiger charge is 2.11. The Kier molecular flexibility index (Phi) is 7.59. The van der Waals surface area contributed by atoms with Crippen molar-refractivity contribution in [3.8, 4) is 5.75 Å². The minimum absolute atomic E-state index is 0.0749. The molecule has 0 aliphatic rings. The van der Waals surface area contributed by atoms with Crippen LogP contribution in [0.2, 0.25) is 0 Å². The molecule has 4 rings (SSSR count). The first-order chi connectivity index (χ1) is 15.7.